The minimum Gasteiger partial charge on any atom is -0.456 e. The van der Waals surface area contributed by atoms with Crippen LogP contribution in [0.4, 0.5) is 0 Å². The van der Waals surface area contributed by atoms with Crippen molar-refractivity contribution < 1.29 is 8.83 Å². The number of hydrogen-bond donors (Lipinski definition) is 0. The van der Waals surface area contributed by atoms with E-state index in [-0.39, 0.29) is 0 Å². The van der Waals surface area contributed by atoms with Crippen LogP contribution in [0.5, 0.6) is 0 Å². The van der Waals surface area contributed by atoms with Gasteiger partial charge in [-0.3, -0.25) is 0 Å². The molecule has 0 radical (unpaired) electrons. The molecule has 0 aliphatic heterocycles. The molecule has 14 aromatic rings. The summed E-state index contributed by atoms with van der Waals surface area (Å²) in [7, 11) is 0. The SMILES string of the molecule is c1ccc2cc(-c3nc(-c4cccc5c4oc4ccccc45)nc(-c4cc(-n5c6ccccc6c6cc7ccccc7cc65)cc5oc6cc7ccccc7cc6c45)n3)ccc2c1. The number of hydrogen-bond acceptors (Lipinski definition) is 5. The topological polar surface area (TPSA) is 69.9 Å². The van der Waals surface area contributed by atoms with E-state index in [9.17, 15) is 0 Å². The molecule has 0 saturated carbocycles. The van der Waals surface area contributed by atoms with E-state index in [2.05, 4.69) is 174 Å². The molecule has 0 saturated heterocycles. The highest BCUT2D eigenvalue weighted by molar-refractivity contribution is 6.18. The van der Waals surface area contributed by atoms with Crippen molar-refractivity contribution in [1.29, 1.82) is 0 Å². The highest BCUT2D eigenvalue weighted by Gasteiger charge is 2.23. The first kappa shape index (κ1) is 34.1. The van der Waals surface area contributed by atoms with Crippen molar-refractivity contribution >= 4 is 98.0 Å². The first-order chi connectivity index (χ1) is 31.2. The van der Waals surface area contributed by atoms with Crippen LogP contribution < -0.4 is 0 Å². The lowest BCUT2D eigenvalue weighted by Gasteiger charge is -2.13. The first-order valence-electron chi connectivity index (χ1n) is 21.2. The van der Waals surface area contributed by atoms with Crippen LogP contribution in [0.3, 0.4) is 0 Å². The van der Waals surface area contributed by atoms with E-state index in [1.807, 2.05) is 24.3 Å². The Labute approximate surface area is 358 Å². The van der Waals surface area contributed by atoms with Gasteiger partial charge in [-0.15, -0.1) is 0 Å². The van der Waals surface area contributed by atoms with Gasteiger partial charge in [-0.05, 0) is 86.9 Å². The minimum absolute atomic E-state index is 0.521. The Morgan fingerprint density at radius 1 is 0.333 bits per heavy atom. The number of para-hydroxylation sites is 3. The van der Waals surface area contributed by atoms with Crippen molar-refractivity contribution in [2.45, 2.75) is 0 Å². The zero-order valence-corrected chi connectivity index (χ0v) is 33.6. The standard InChI is InChI=1S/C57H32N4O2/c1-2-13-34-26-39(25-24-33(34)12-1)55-58-56(44-21-11-20-43-42-19-8-10-23-50(42)63-54(43)44)60-57(59-55)47-31-40(32-52-53(47)46-28-36-15-4-6-17-38(36)30-51(46)62-52)61-48-22-9-7-18-41(48)45-27-35-14-3-5-16-37(35)29-49(45)61/h1-32H. The maximum Gasteiger partial charge on any atom is 0.167 e. The molecule has 0 amide bonds. The summed E-state index contributed by atoms with van der Waals surface area (Å²) in [5.41, 5.74) is 8.75. The van der Waals surface area contributed by atoms with Crippen LogP contribution in [-0.2, 0) is 0 Å². The molecule has 6 heteroatoms. The number of fused-ring (bicyclic) bond motifs is 12. The molecule has 0 fully saturated rings. The fourth-order valence-corrected chi connectivity index (χ4v) is 9.81. The van der Waals surface area contributed by atoms with Crippen molar-refractivity contribution in [2.24, 2.45) is 0 Å². The summed E-state index contributed by atoms with van der Waals surface area (Å²) in [4.78, 5) is 16.1. The van der Waals surface area contributed by atoms with Gasteiger partial charge < -0.3 is 13.4 Å². The largest absolute Gasteiger partial charge is 0.456 e. The summed E-state index contributed by atoms with van der Waals surface area (Å²) in [6.45, 7) is 0. The van der Waals surface area contributed by atoms with E-state index in [4.69, 9.17) is 23.8 Å². The molecule has 292 valence electrons. The minimum atomic E-state index is 0.521. The first-order valence-corrected chi connectivity index (χ1v) is 21.2. The van der Waals surface area contributed by atoms with Gasteiger partial charge in [0.15, 0.2) is 17.5 Å². The van der Waals surface area contributed by atoms with Gasteiger partial charge in [-0.25, -0.2) is 15.0 Å². The normalized spacial score (nSPS) is 12.1. The summed E-state index contributed by atoms with van der Waals surface area (Å²) in [5, 5.41) is 13.2. The van der Waals surface area contributed by atoms with Gasteiger partial charge in [0.1, 0.15) is 22.3 Å². The van der Waals surface area contributed by atoms with Crippen LogP contribution in [0.15, 0.2) is 203 Å². The zero-order valence-electron chi connectivity index (χ0n) is 33.6. The molecule has 0 spiro atoms. The van der Waals surface area contributed by atoms with Crippen molar-refractivity contribution in [2.75, 3.05) is 0 Å². The predicted molar refractivity (Wildman–Crippen MR) is 258 cm³/mol. The molecule has 10 aromatic carbocycles. The summed E-state index contributed by atoms with van der Waals surface area (Å²) in [6, 6.07) is 68.1. The van der Waals surface area contributed by atoms with Crippen LogP contribution in [0.25, 0.3) is 138 Å². The lowest BCUT2D eigenvalue weighted by molar-refractivity contribution is 0.669. The summed E-state index contributed by atoms with van der Waals surface area (Å²) >= 11 is 0. The predicted octanol–water partition coefficient (Wildman–Crippen LogP) is 15.2. The highest BCUT2D eigenvalue weighted by atomic mass is 16.3. The molecule has 0 aliphatic rings. The Bertz CT molecular complexity index is 4230. The third-order valence-electron chi connectivity index (χ3n) is 12.8. The monoisotopic (exact) mass is 804 g/mol. The van der Waals surface area contributed by atoms with Gasteiger partial charge in [-0.1, -0.05) is 133 Å². The molecule has 4 heterocycles. The lowest BCUT2D eigenvalue weighted by atomic mass is 10.0. The van der Waals surface area contributed by atoms with Crippen molar-refractivity contribution in [1.82, 2.24) is 19.5 Å². The number of rotatable bonds is 4. The molecule has 0 N–H and O–H groups in total. The molecule has 63 heavy (non-hydrogen) atoms. The fourth-order valence-electron chi connectivity index (χ4n) is 9.81. The third-order valence-corrected chi connectivity index (χ3v) is 12.8. The van der Waals surface area contributed by atoms with E-state index in [1.165, 1.54) is 21.5 Å². The van der Waals surface area contributed by atoms with E-state index in [0.717, 1.165) is 98.8 Å². The second-order valence-corrected chi connectivity index (χ2v) is 16.4. The van der Waals surface area contributed by atoms with Gasteiger partial charge in [-0.2, -0.15) is 0 Å². The molecule has 4 aromatic heterocycles. The van der Waals surface area contributed by atoms with E-state index in [1.54, 1.807) is 0 Å². The fraction of sp³-hybridized carbons (Fsp3) is 0. The van der Waals surface area contributed by atoms with Crippen molar-refractivity contribution in [3.63, 3.8) is 0 Å². The smallest absolute Gasteiger partial charge is 0.167 e. The second kappa shape index (κ2) is 12.9. The Morgan fingerprint density at radius 2 is 0.952 bits per heavy atom. The summed E-state index contributed by atoms with van der Waals surface area (Å²) in [6.07, 6.45) is 0. The zero-order chi connectivity index (χ0) is 41.2. The number of nitrogens with zero attached hydrogens (tertiary/aromatic N) is 4. The van der Waals surface area contributed by atoms with E-state index >= 15 is 0 Å². The molecule has 0 bridgehead atoms. The Balaban J connectivity index is 1.11. The maximum absolute atomic E-state index is 6.93. The van der Waals surface area contributed by atoms with Gasteiger partial charge in [0, 0.05) is 49.5 Å². The second-order valence-electron chi connectivity index (χ2n) is 16.4. The number of furan rings is 2. The molecule has 0 atom stereocenters. The van der Waals surface area contributed by atoms with Crippen LogP contribution in [-0.4, -0.2) is 19.5 Å². The van der Waals surface area contributed by atoms with Crippen molar-refractivity contribution in [3.8, 4) is 39.9 Å². The summed E-state index contributed by atoms with van der Waals surface area (Å²) in [5.74, 6) is 1.62. The average molecular weight is 805 g/mol. The average Bonchev–Trinajstić information content (AvgIpc) is 4.01. The summed E-state index contributed by atoms with van der Waals surface area (Å²) < 4.78 is 15.9. The van der Waals surface area contributed by atoms with Crippen molar-refractivity contribution in [3.05, 3.63) is 194 Å². The molecule has 14 rings (SSSR count). The molecule has 6 nitrogen and oxygen atoms in total. The quantitative estimate of drug-likeness (QED) is 0.177. The van der Waals surface area contributed by atoms with Crippen LogP contribution >= 0.6 is 0 Å². The van der Waals surface area contributed by atoms with Gasteiger partial charge in [0.25, 0.3) is 0 Å². The Morgan fingerprint density at radius 3 is 1.76 bits per heavy atom. The van der Waals surface area contributed by atoms with Gasteiger partial charge >= 0.3 is 0 Å². The molecular formula is C57H32N4O2. The van der Waals surface area contributed by atoms with Crippen LogP contribution in [0, 0.1) is 0 Å². The van der Waals surface area contributed by atoms with Gasteiger partial charge in [0.2, 0.25) is 0 Å². The number of benzene rings is 10. The molecular weight excluding hydrogens is 773 g/mol. The van der Waals surface area contributed by atoms with E-state index in [0.29, 0.717) is 17.5 Å². The van der Waals surface area contributed by atoms with Crippen LogP contribution in [0.2, 0.25) is 0 Å². The van der Waals surface area contributed by atoms with E-state index < -0.39 is 0 Å². The lowest BCUT2D eigenvalue weighted by Crippen LogP contribution is -2.02. The Hall–Kier alpha value is -8.61. The van der Waals surface area contributed by atoms with Gasteiger partial charge in [0.05, 0.1) is 22.3 Å². The molecule has 0 aliphatic carbocycles. The van der Waals surface area contributed by atoms with Crippen LogP contribution in [0.1, 0.15) is 0 Å². The maximum atomic E-state index is 6.93. The highest BCUT2D eigenvalue weighted by Crippen LogP contribution is 2.43. The number of aromatic nitrogens is 4. The third kappa shape index (κ3) is 5.15. The molecule has 0 unspecified atom stereocenters. The Kier molecular flexibility index (Phi) is 7.02.